The lowest BCUT2D eigenvalue weighted by molar-refractivity contribution is -0.125. The third kappa shape index (κ3) is 3.17. The summed E-state index contributed by atoms with van der Waals surface area (Å²) in [5.41, 5.74) is 2.13. The van der Waals surface area contributed by atoms with Crippen LogP contribution < -0.4 is 16.6 Å². The third-order valence-corrected chi connectivity index (χ3v) is 2.70. The van der Waals surface area contributed by atoms with Gasteiger partial charge in [0.25, 0.3) is 5.91 Å². The Bertz CT molecular complexity index is 256. The highest BCUT2D eigenvalue weighted by Gasteiger charge is 2.29. The number of amides is 2. The van der Waals surface area contributed by atoms with E-state index in [0.717, 1.165) is 13.0 Å². The van der Waals surface area contributed by atoms with Gasteiger partial charge in [0.1, 0.15) is 0 Å². The van der Waals surface area contributed by atoms with Crippen molar-refractivity contribution >= 4 is 11.8 Å². The predicted octanol–water partition coefficient (Wildman–Crippen LogP) is -1.42. The molecule has 2 amide bonds. The van der Waals surface area contributed by atoms with Crippen molar-refractivity contribution < 1.29 is 9.59 Å². The van der Waals surface area contributed by atoms with E-state index in [1.54, 1.807) is 6.92 Å². The quantitative estimate of drug-likeness (QED) is 0.305. The van der Waals surface area contributed by atoms with E-state index >= 15 is 0 Å². The second-order valence-corrected chi connectivity index (χ2v) is 3.87. The van der Waals surface area contributed by atoms with Gasteiger partial charge >= 0.3 is 0 Å². The molecule has 1 aliphatic heterocycles. The highest BCUT2D eigenvalue weighted by Crippen LogP contribution is 2.12. The van der Waals surface area contributed by atoms with Crippen LogP contribution in [-0.4, -0.2) is 41.9 Å². The van der Waals surface area contributed by atoms with Gasteiger partial charge in [-0.1, -0.05) is 0 Å². The second-order valence-electron chi connectivity index (χ2n) is 3.87. The zero-order valence-corrected chi connectivity index (χ0v) is 9.12. The number of carbonyl (C=O) groups excluding carboxylic acids is 2. The molecule has 2 atom stereocenters. The fraction of sp³-hybridized carbons (Fsp3) is 0.778. The van der Waals surface area contributed by atoms with Crippen LogP contribution in [0.15, 0.2) is 0 Å². The molecular weight excluding hydrogens is 196 g/mol. The number of hydrazine groups is 1. The number of rotatable bonds is 3. The smallest absolute Gasteiger partial charge is 0.250 e. The van der Waals surface area contributed by atoms with E-state index in [2.05, 4.69) is 10.7 Å². The molecule has 15 heavy (non-hydrogen) atoms. The Balaban J connectivity index is 2.41. The van der Waals surface area contributed by atoms with Crippen molar-refractivity contribution in [3.05, 3.63) is 0 Å². The number of nitrogens with one attached hydrogen (secondary N) is 2. The van der Waals surface area contributed by atoms with Gasteiger partial charge in [-0.05, 0) is 13.3 Å². The number of nitrogens with zero attached hydrogens (tertiary/aromatic N) is 1. The summed E-state index contributed by atoms with van der Waals surface area (Å²) in [5.74, 6) is 4.83. The average Bonchev–Trinajstić information content (AvgIpc) is 2.63. The van der Waals surface area contributed by atoms with Crippen LogP contribution in [0, 0.1) is 0 Å². The summed E-state index contributed by atoms with van der Waals surface area (Å²) in [6.45, 7) is 4.81. The van der Waals surface area contributed by atoms with E-state index in [1.165, 1.54) is 6.92 Å². The Morgan fingerprint density at radius 2 is 2.20 bits per heavy atom. The van der Waals surface area contributed by atoms with Crippen molar-refractivity contribution in [1.29, 1.82) is 0 Å². The normalized spacial score (nSPS) is 23.5. The largest absolute Gasteiger partial charge is 0.352 e. The summed E-state index contributed by atoms with van der Waals surface area (Å²) in [6.07, 6.45) is 0.877. The van der Waals surface area contributed by atoms with Crippen molar-refractivity contribution in [2.24, 2.45) is 5.84 Å². The van der Waals surface area contributed by atoms with Gasteiger partial charge in [-0.2, -0.15) is 0 Å². The molecule has 0 aromatic heterocycles. The molecule has 6 heteroatoms. The predicted molar refractivity (Wildman–Crippen MR) is 55.6 cm³/mol. The maximum Gasteiger partial charge on any atom is 0.250 e. The molecule has 1 heterocycles. The van der Waals surface area contributed by atoms with E-state index in [0.29, 0.717) is 6.54 Å². The molecular formula is C9H18N4O2. The van der Waals surface area contributed by atoms with Crippen LogP contribution in [0.5, 0.6) is 0 Å². The zero-order valence-electron chi connectivity index (χ0n) is 9.12. The topological polar surface area (TPSA) is 87.5 Å². The third-order valence-electron chi connectivity index (χ3n) is 2.70. The first-order valence-electron chi connectivity index (χ1n) is 5.06. The van der Waals surface area contributed by atoms with E-state index in [-0.39, 0.29) is 23.9 Å². The number of hydrogen-bond donors (Lipinski definition) is 3. The average molecular weight is 214 g/mol. The second kappa shape index (κ2) is 5.09. The van der Waals surface area contributed by atoms with Crippen LogP contribution in [0.1, 0.15) is 20.3 Å². The maximum absolute atomic E-state index is 11.3. The minimum Gasteiger partial charge on any atom is -0.352 e. The fourth-order valence-corrected chi connectivity index (χ4v) is 1.83. The summed E-state index contributed by atoms with van der Waals surface area (Å²) < 4.78 is 0. The molecule has 0 bridgehead atoms. The molecule has 4 N–H and O–H groups in total. The number of carbonyl (C=O) groups is 2. The molecule has 0 saturated carbocycles. The summed E-state index contributed by atoms with van der Waals surface area (Å²) in [6, 6.07) is -0.0933. The van der Waals surface area contributed by atoms with Gasteiger partial charge in [0.15, 0.2) is 0 Å². The van der Waals surface area contributed by atoms with Gasteiger partial charge in [0.05, 0.1) is 6.04 Å². The van der Waals surface area contributed by atoms with E-state index in [9.17, 15) is 9.59 Å². The van der Waals surface area contributed by atoms with Crippen molar-refractivity contribution in [1.82, 2.24) is 15.6 Å². The summed E-state index contributed by atoms with van der Waals surface area (Å²) in [5, 5.41) is 2.84. The van der Waals surface area contributed by atoms with Crippen LogP contribution in [-0.2, 0) is 9.59 Å². The molecule has 0 aromatic rings. The Morgan fingerprint density at radius 1 is 1.53 bits per heavy atom. The van der Waals surface area contributed by atoms with Crippen molar-refractivity contribution in [2.45, 2.75) is 32.4 Å². The molecule has 0 radical (unpaired) electrons. The van der Waals surface area contributed by atoms with Gasteiger partial charge in [-0.3, -0.25) is 19.9 Å². The van der Waals surface area contributed by atoms with Gasteiger partial charge in [0, 0.05) is 26.1 Å². The van der Waals surface area contributed by atoms with E-state index in [4.69, 9.17) is 5.84 Å². The first-order chi connectivity index (χ1) is 7.04. The van der Waals surface area contributed by atoms with Crippen LogP contribution >= 0.6 is 0 Å². The van der Waals surface area contributed by atoms with Crippen LogP contribution in [0.2, 0.25) is 0 Å². The lowest BCUT2D eigenvalue weighted by Gasteiger charge is -2.22. The molecule has 0 spiro atoms. The van der Waals surface area contributed by atoms with Gasteiger partial charge < -0.3 is 5.32 Å². The minimum atomic E-state index is -0.242. The molecule has 6 nitrogen and oxygen atoms in total. The highest BCUT2D eigenvalue weighted by atomic mass is 16.2. The number of nitrogens with two attached hydrogens (primary N) is 1. The van der Waals surface area contributed by atoms with Gasteiger partial charge in [-0.25, -0.2) is 5.84 Å². The molecule has 0 aliphatic carbocycles. The van der Waals surface area contributed by atoms with Crippen LogP contribution in [0.25, 0.3) is 0 Å². The van der Waals surface area contributed by atoms with Crippen molar-refractivity contribution in [3.63, 3.8) is 0 Å². The molecule has 1 rings (SSSR count). The number of hydrogen-bond acceptors (Lipinski definition) is 4. The minimum absolute atomic E-state index is 0.0298. The van der Waals surface area contributed by atoms with Gasteiger partial charge in [0.2, 0.25) is 5.91 Å². The Hall–Kier alpha value is -1.14. The van der Waals surface area contributed by atoms with E-state index in [1.807, 2.05) is 4.90 Å². The fourth-order valence-electron chi connectivity index (χ4n) is 1.83. The standard InChI is InChI=1S/C9H18N4O2/c1-6(9(15)12-10)13-4-3-8(5-13)11-7(2)14/h6,8H,3-5,10H2,1-2H3,(H,11,14)(H,12,15). The first-order valence-corrected chi connectivity index (χ1v) is 5.06. The van der Waals surface area contributed by atoms with Gasteiger partial charge in [-0.15, -0.1) is 0 Å². The molecule has 0 aromatic carbocycles. The summed E-state index contributed by atoms with van der Waals surface area (Å²) >= 11 is 0. The summed E-state index contributed by atoms with van der Waals surface area (Å²) in [7, 11) is 0. The molecule has 1 saturated heterocycles. The molecule has 1 aliphatic rings. The van der Waals surface area contributed by atoms with Crippen molar-refractivity contribution in [2.75, 3.05) is 13.1 Å². The molecule has 2 unspecified atom stereocenters. The highest BCUT2D eigenvalue weighted by molar-refractivity contribution is 5.80. The van der Waals surface area contributed by atoms with Crippen LogP contribution in [0.3, 0.4) is 0 Å². The maximum atomic E-state index is 11.3. The van der Waals surface area contributed by atoms with Crippen LogP contribution in [0.4, 0.5) is 0 Å². The Morgan fingerprint density at radius 3 is 2.73 bits per heavy atom. The molecule has 1 fully saturated rings. The monoisotopic (exact) mass is 214 g/mol. The molecule has 86 valence electrons. The first kappa shape index (κ1) is 11.9. The Labute approximate surface area is 89.1 Å². The van der Waals surface area contributed by atoms with Crippen molar-refractivity contribution in [3.8, 4) is 0 Å². The number of likely N-dealkylation sites (tertiary alicyclic amines) is 1. The lowest BCUT2D eigenvalue weighted by atomic mass is 10.2. The summed E-state index contributed by atoms with van der Waals surface area (Å²) in [4.78, 5) is 24.1. The SMILES string of the molecule is CC(=O)NC1CCN(C(C)C(=O)NN)C1. The Kier molecular flexibility index (Phi) is 4.05. The van der Waals surface area contributed by atoms with E-state index < -0.39 is 0 Å². The zero-order chi connectivity index (χ0) is 11.4. The lowest BCUT2D eigenvalue weighted by Crippen LogP contribution is -2.47.